The van der Waals surface area contributed by atoms with Crippen molar-refractivity contribution in [3.63, 3.8) is 0 Å². The van der Waals surface area contributed by atoms with Crippen molar-refractivity contribution in [1.82, 2.24) is 5.32 Å². The van der Waals surface area contributed by atoms with Crippen molar-refractivity contribution < 1.29 is 22.7 Å². The fraction of sp³-hybridized carbons (Fsp3) is 0.381. The Morgan fingerprint density at radius 2 is 1.85 bits per heavy atom. The molecule has 0 saturated heterocycles. The second-order valence-corrected chi connectivity index (χ2v) is 6.34. The highest BCUT2D eigenvalue weighted by Crippen LogP contribution is 2.37. The van der Waals surface area contributed by atoms with E-state index in [9.17, 15) is 18.0 Å². The van der Waals surface area contributed by atoms with Gasteiger partial charge in [-0.3, -0.25) is 4.79 Å². The smallest absolute Gasteiger partial charge is 0.396 e. The van der Waals surface area contributed by atoms with Crippen molar-refractivity contribution >= 4 is 5.91 Å². The monoisotopic (exact) mass is 379 g/mol. The molecule has 2 rings (SSSR count). The minimum atomic E-state index is -4.48. The van der Waals surface area contributed by atoms with Crippen molar-refractivity contribution in [1.29, 1.82) is 0 Å². The summed E-state index contributed by atoms with van der Waals surface area (Å²) in [6, 6.07) is 14.7. The van der Waals surface area contributed by atoms with Crippen molar-refractivity contribution in [2.24, 2.45) is 0 Å². The lowest BCUT2D eigenvalue weighted by Crippen LogP contribution is -2.30. The molecule has 0 bridgehead atoms. The minimum absolute atomic E-state index is 0.0893. The number of ether oxygens (including phenoxy) is 1. The van der Waals surface area contributed by atoms with E-state index in [1.165, 1.54) is 24.3 Å². The van der Waals surface area contributed by atoms with Crippen LogP contribution in [0.25, 0.3) is 0 Å². The van der Waals surface area contributed by atoms with E-state index in [0.717, 1.165) is 18.4 Å². The van der Waals surface area contributed by atoms with Crippen LogP contribution in [0.1, 0.15) is 43.2 Å². The Labute approximate surface area is 157 Å². The van der Waals surface area contributed by atoms with Crippen LogP contribution in [0.15, 0.2) is 54.6 Å². The molecule has 0 fully saturated rings. The molecule has 0 aliphatic carbocycles. The third-order valence-corrected chi connectivity index (χ3v) is 4.14. The van der Waals surface area contributed by atoms with Crippen LogP contribution >= 0.6 is 0 Å². The average Bonchev–Trinajstić information content (AvgIpc) is 2.65. The zero-order valence-corrected chi connectivity index (χ0v) is 15.3. The summed E-state index contributed by atoms with van der Waals surface area (Å²) in [5.74, 6) is -1.77. The highest BCUT2D eigenvalue weighted by atomic mass is 19.4. The summed E-state index contributed by atoms with van der Waals surface area (Å²) in [4.78, 5) is 12.1. The van der Waals surface area contributed by atoms with Gasteiger partial charge in [-0.25, -0.2) is 0 Å². The molecule has 27 heavy (non-hydrogen) atoms. The molecule has 1 atom stereocenters. The average molecular weight is 379 g/mol. The molecule has 3 nitrogen and oxygen atoms in total. The molecule has 2 aromatic rings. The zero-order chi connectivity index (χ0) is 19.7. The molecule has 2 aromatic carbocycles. The highest BCUT2D eigenvalue weighted by Gasteiger charge is 2.41. The van der Waals surface area contributed by atoms with E-state index in [1.807, 2.05) is 6.07 Å². The number of unbranched alkanes of at least 4 members (excludes halogenated alkanes) is 1. The molecular formula is C21H24F3NO2. The van der Waals surface area contributed by atoms with Crippen LogP contribution in [0.4, 0.5) is 13.2 Å². The standard InChI is InChI=1S/C21H24F3NO2/c1-2-3-12-27-18-11-7-8-16(13-18)15-25-20(26)14-19(21(22,23)24)17-9-5-4-6-10-17/h4-11,13,19H,2-3,12,14-15H2,1H3,(H,25,26). The summed E-state index contributed by atoms with van der Waals surface area (Å²) in [6.07, 6.45) is -3.15. The lowest BCUT2D eigenvalue weighted by molar-refractivity contribution is -0.157. The minimum Gasteiger partial charge on any atom is -0.494 e. The summed E-state index contributed by atoms with van der Waals surface area (Å²) < 4.78 is 45.6. The summed E-state index contributed by atoms with van der Waals surface area (Å²) in [7, 11) is 0. The van der Waals surface area contributed by atoms with Gasteiger partial charge in [0.05, 0.1) is 12.5 Å². The lowest BCUT2D eigenvalue weighted by atomic mass is 9.95. The zero-order valence-electron chi connectivity index (χ0n) is 15.3. The Morgan fingerprint density at radius 1 is 1.11 bits per heavy atom. The molecule has 1 unspecified atom stereocenters. The molecule has 0 aliphatic rings. The normalized spacial score (nSPS) is 12.4. The van der Waals surface area contributed by atoms with E-state index in [4.69, 9.17) is 4.74 Å². The summed E-state index contributed by atoms with van der Waals surface area (Å²) in [5, 5.41) is 2.57. The molecule has 146 valence electrons. The second kappa shape index (κ2) is 10.00. The Morgan fingerprint density at radius 3 is 2.52 bits per heavy atom. The van der Waals surface area contributed by atoms with Gasteiger partial charge in [0.15, 0.2) is 0 Å². The molecule has 6 heteroatoms. The van der Waals surface area contributed by atoms with Gasteiger partial charge in [-0.15, -0.1) is 0 Å². The summed E-state index contributed by atoms with van der Waals surface area (Å²) >= 11 is 0. The first-order valence-electron chi connectivity index (χ1n) is 9.00. The molecular weight excluding hydrogens is 355 g/mol. The first-order chi connectivity index (χ1) is 12.9. The molecule has 1 N–H and O–H groups in total. The Balaban J connectivity index is 1.93. The van der Waals surface area contributed by atoms with Crippen LogP contribution in [0.5, 0.6) is 5.75 Å². The van der Waals surface area contributed by atoms with Crippen molar-refractivity contribution in [2.45, 2.75) is 44.8 Å². The molecule has 0 saturated carbocycles. The number of carbonyl (C=O) groups excluding carboxylic acids is 1. The van der Waals surface area contributed by atoms with Crippen LogP contribution in [-0.2, 0) is 11.3 Å². The number of alkyl halides is 3. The van der Waals surface area contributed by atoms with Gasteiger partial charge in [0, 0.05) is 13.0 Å². The number of halogens is 3. The van der Waals surface area contributed by atoms with E-state index in [1.54, 1.807) is 24.3 Å². The number of amides is 1. The van der Waals surface area contributed by atoms with E-state index < -0.39 is 24.4 Å². The topological polar surface area (TPSA) is 38.3 Å². The molecule has 0 spiro atoms. The van der Waals surface area contributed by atoms with Crippen LogP contribution in [0, 0.1) is 0 Å². The van der Waals surface area contributed by atoms with Crippen molar-refractivity contribution in [3.8, 4) is 5.75 Å². The predicted octanol–water partition coefficient (Wildman–Crippen LogP) is 5.22. The van der Waals surface area contributed by atoms with Gasteiger partial charge in [0.25, 0.3) is 0 Å². The predicted molar refractivity (Wildman–Crippen MR) is 98.5 cm³/mol. The number of benzene rings is 2. The van der Waals surface area contributed by atoms with Crippen LogP contribution in [-0.4, -0.2) is 18.7 Å². The first kappa shape index (κ1) is 20.8. The number of carbonyl (C=O) groups is 1. The van der Waals surface area contributed by atoms with Crippen molar-refractivity contribution in [3.05, 3.63) is 65.7 Å². The second-order valence-electron chi connectivity index (χ2n) is 6.34. The quantitative estimate of drug-likeness (QED) is 0.607. The molecule has 0 aromatic heterocycles. The van der Waals surface area contributed by atoms with Gasteiger partial charge >= 0.3 is 6.18 Å². The van der Waals surface area contributed by atoms with Gasteiger partial charge in [-0.05, 0) is 29.7 Å². The maximum atomic E-state index is 13.3. The SMILES string of the molecule is CCCCOc1cccc(CNC(=O)CC(c2ccccc2)C(F)(F)F)c1. The largest absolute Gasteiger partial charge is 0.494 e. The number of rotatable bonds is 9. The van der Waals surface area contributed by atoms with Gasteiger partial charge in [-0.1, -0.05) is 55.8 Å². The van der Waals surface area contributed by atoms with Gasteiger partial charge in [-0.2, -0.15) is 13.2 Å². The first-order valence-corrected chi connectivity index (χ1v) is 9.00. The Kier molecular flexibility index (Phi) is 7.70. The maximum Gasteiger partial charge on any atom is 0.396 e. The number of hydrogen-bond donors (Lipinski definition) is 1. The fourth-order valence-electron chi connectivity index (χ4n) is 2.65. The molecule has 1 amide bonds. The van der Waals surface area contributed by atoms with Crippen LogP contribution < -0.4 is 10.1 Å². The van der Waals surface area contributed by atoms with Crippen LogP contribution in [0.3, 0.4) is 0 Å². The number of hydrogen-bond acceptors (Lipinski definition) is 2. The number of nitrogens with one attached hydrogen (secondary N) is 1. The van der Waals surface area contributed by atoms with E-state index in [2.05, 4.69) is 12.2 Å². The molecule has 0 aliphatic heterocycles. The van der Waals surface area contributed by atoms with E-state index in [0.29, 0.717) is 12.4 Å². The Bertz CT molecular complexity index is 717. The third kappa shape index (κ3) is 6.96. The van der Waals surface area contributed by atoms with Crippen molar-refractivity contribution in [2.75, 3.05) is 6.61 Å². The van der Waals surface area contributed by atoms with Gasteiger partial charge in [0.1, 0.15) is 5.75 Å². The van der Waals surface area contributed by atoms with E-state index in [-0.39, 0.29) is 12.1 Å². The maximum absolute atomic E-state index is 13.3. The summed E-state index contributed by atoms with van der Waals surface area (Å²) in [6.45, 7) is 2.83. The third-order valence-electron chi connectivity index (χ3n) is 4.14. The Hall–Kier alpha value is -2.50. The lowest BCUT2D eigenvalue weighted by Gasteiger charge is -2.20. The highest BCUT2D eigenvalue weighted by molar-refractivity contribution is 5.77. The molecule has 0 heterocycles. The van der Waals surface area contributed by atoms with Gasteiger partial charge < -0.3 is 10.1 Å². The molecule has 0 radical (unpaired) electrons. The van der Waals surface area contributed by atoms with Crippen LogP contribution in [0.2, 0.25) is 0 Å². The fourth-order valence-corrected chi connectivity index (χ4v) is 2.65. The van der Waals surface area contributed by atoms with E-state index >= 15 is 0 Å². The summed E-state index contributed by atoms with van der Waals surface area (Å²) in [5.41, 5.74) is 0.868. The van der Waals surface area contributed by atoms with Gasteiger partial charge in [0.2, 0.25) is 5.91 Å².